The molecule has 0 bridgehead atoms. The Bertz CT molecular complexity index is 2020. The smallest absolute Gasteiger partial charge is 0.354 e. The molecule has 2 aliphatic rings. The number of aryl methyl sites for hydroxylation is 1. The number of carbonyl (C=O) groups is 4. The van der Waals surface area contributed by atoms with E-state index in [1.54, 1.807) is 11.7 Å². The monoisotopic (exact) mass is 812 g/mol. The lowest BCUT2D eigenvalue weighted by Gasteiger charge is -2.34. The summed E-state index contributed by atoms with van der Waals surface area (Å²) >= 11 is 0. The number of carboxylic acids is 2. The number of H-pyrrole nitrogens is 1. The standard InChI is InChI=1S/C43H56N8O8/c1-3-4-11-36-46-35(37(41(55)56)51(36)26-28-12-14-29(15-13-28)33-9-5-6-10-34(33)38-47-49-50-48-38)25-44-39(52)30-16-18-32(19-17-30)45-42(57)43(20-7-8-21-43)24-31(40(53)54)27-59-23-22-58-2/h5-6,9-10,12-15,30-32H,3-4,7-8,11,16-27H2,1-2H3,(H,44,52)(H,45,57)(H,53,54)(H,55,56)(H,47,48,49,50). The number of rotatable bonds is 21. The highest BCUT2D eigenvalue weighted by Crippen LogP contribution is 2.44. The number of carbonyl (C=O) groups excluding carboxylic acids is 2. The van der Waals surface area contributed by atoms with Crippen molar-refractivity contribution in [2.24, 2.45) is 17.3 Å². The van der Waals surface area contributed by atoms with Crippen molar-refractivity contribution >= 4 is 23.8 Å². The molecular formula is C43H56N8O8. The zero-order valence-electron chi connectivity index (χ0n) is 34.0. The number of hydrogen-bond donors (Lipinski definition) is 5. The highest BCUT2D eigenvalue weighted by molar-refractivity contribution is 5.88. The molecule has 2 saturated carbocycles. The van der Waals surface area contributed by atoms with Crippen molar-refractivity contribution in [3.8, 4) is 22.5 Å². The van der Waals surface area contributed by atoms with E-state index in [1.807, 2.05) is 48.5 Å². The minimum Gasteiger partial charge on any atom is -0.481 e. The van der Waals surface area contributed by atoms with Gasteiger partial charge in [0.15, 0.2) is 11.5 Å². The molecule has 4 aromatic rings. The van der Waals surface area contributed by atoms with E-state index in [9.17, 15) is 29.4 Å². The van der Waals surface area contributed by atoms with Crippen LogP contribution in [-0.2, 0) is 43.4 Å². The Balaban J connectivity index is 1.07. The van der Waals surface area contributed by atoms with Gasteiger partial charge in [-0.3, -0.25) is 14.4 Å². The second-order valence-corrected chi connectivity index (χ2v) is 15.8. The predicted octanol–water partition coefficient (Wildman–Crippen LogP) is 5.42. The molecule has 59 heavy (non-hydrogen) atoms. The van der Waals surface area contributed by atoms with Gasteiger partial charge < -0.3 is 34.9 Å². The molecule has 16 nitrogen and oxygen atoms in total. The van der Waals surface area contributed by atoms with Gasteiger partial charge in [0, 0.05) is 37.6 Å². The number of nitrogens with zero attached hydrogens (tertiary/aromatic N) is 5. The quantitative estimate of drug-likeness (QED) is 0.0665. The molecule has 0 aliphatic heterocycles. The van der Waals surface area contributed by atoms with Crippen LogP contribution in [0.1, 0.15) is 105 Å². The Hall–Kier alpha value is -5.48. The largest absolute Gasteiger partial charge is 0.481 e. The van der Waals surface area contributed by atoms with Crippen molar-refractivity contribution in [1.29, 1.82) is 0 Å². The molecule has 316 valence electrons. The molecule has 2 aromatic heterocycles. The molecule has 0 spiro atoms. The van der Waals surface area contributed by atoms with Gasteiger partial charge in [-0.2, -0.15) is 0 Å². The van der Waals surface area contributed by atoms with E-state index in [-0.39, 0.29) is 55.6 Å². The summed E-state index contributed by atoms with van der Waals surface area (Å²) in [6.07, 6.45) is 7.91. The van der Waals surface area contributed by atoms with Crippen LogP contribution < -0.4 is 10.6 Å². The second-order valence-electron chi connectivity index (χ2n) is 15.8. The Morgan fingerprint density at radius 2 is 1.71 bits per heavy atom. The molecule has 2 heterocycles. The van der Waals surface area contributed by atoms with Gasteiger partial charge in [0.1, 0.15) is 5.82 Å². The van der Waals surface area contributed by atoms with Crippen LogP contribution >= 0.6 is 0 Å². The van der Waals surface area contributed by atoms with E-state index >= 15 is 0 Å². The number of hydrogen-bond acceptors (Lipinski definition) is 10. The lowest BCUT2D eigenvalue weighted by Crippen LogP contribution is -2.48. The number of aromatic nitrogens is 6. The maximum atomic E-state index is 13.8. The van der Waals surface area contributed by atoms with Crippen molar-refractivity contribution in [3.05, 3.63) is 71.3 Å². The number of imidazole rings is 1. The van der Waals surface area contributed by atoms with Gasteiger partial charge in [0.05, 0.1) is 43.4 Å². The summed E-state index contributed by atoms with van der Waals surface area (Å²) in [6.45, 7) is 3.03. The highest BCUT2D eigenvalue weighted by atomic mass is 16.5. The summed E-state index contributed by atoms with van der Waals surface area (Å²) in [7, 11) is 1.55. The van der Waals surface area contributed by atoms with E-state index in [0.29, 0.717) is 75.4 Å². The molecule has 2 fully saturated rings. The maximum absolute atomic E-state index is 13.8. The molecule has 2 aromatic carbocycles. The number of aromatic carboxylic acids is 1. The first-order valence-electron chi connectivity index (χ1n) is 20.7. The van der Waals surface area contributed by atoms with Crippen LogP contribution in [-0.4, -0.2) is 97.1 Å². The molecule has 5 N–H and O–H groups in total. The lowest BCUT2D eigenvalue weighted by molar-refractivity contribution is -0.147. The second kappa shape index (κ2) is 20.5. The summed E-state index contributed by atoms with van der Waals surface area (Å²) in [5, 5.41) is 40.9. The van der Waals surface area contributed by atoms with Gasteiger partial charge >= 0.3 is 11.9 Å². The number of unbranched alkanes of at least 4 members (excludes halogenated alkanes) is 1. The zero-order chi connectivity index (χ0) is 41.8. The Morgan fingerprint density at radius 3 is 2.36 bits per heavy atom. The van der Waals surface area contributed by atoms with Crippen molar-refractivity contribution in [2.45, 2.75) is 103 Å². The van der Waals surface area contributed by atoms with Gasteiger partial charge in [-0.05, 0) is 78.5 Å². The third-order valence-electron chi connectivity index (χ3n) is 11.9. The number of benzene rings is 2. The summed E-state index contributed by atoms with van der Waals surface area (Å²) < 4.78 is 12.3. The van der Waals surface area contributed by atoms with Crippen molar-refractivity contribution in [1.82, 2.24) is 40.8 Å². The van der Waals surface area contributed by atoms with Crippen molar-refractivity contribution in [2.75, 3.05) is 26.9 Å². The SMILES string of the molecule is CCCCc1nc(CNC(=O)C2CCC(NC(=O)C3(CC(COCCOC)C(=O)O)CCCC3)CC2)c(C(=O)O)n1Cc1ccc(-c2ccccc2-c2nnn[nH]2)cc1. The van der Waals surface area contributed by atoms with Gasteiger partial charge in [0.2, 0.25) is 11.8 Å². The van der Waals surface area contributed by atoms with Crippen LogP contribution in [0.15, 0.2) is 48.5 Å². The fourth-order valence-corrected chi connectivity index (χ4v) is 8.59. The minimum atomic E-state index is -1.11. The summed E-state index contributed by atoms with van der Waals surface area (Å²) in [4.78, 5) is 56.9. The van der Waals surface area contributed by atoms with Crippen LogP contribution in [0.25, 0.3) is 22.5 Å². The summed E-state index contributed by atoms with van der Waals surface area (Å²) in [5.74, 6) is -2.23. The number of methoxy groups -OCH3 is 1. The number of carboxylic acid groups (broad SMARTS) is 2. The molecule has 1 unspecified atom stereocenters. The number of nitrogens with one attached hydrogen (secondary N) is 3. The van der Waals surface area contributed by atoms with Crippen LogP contribution in [0.4, 0.5) is 0 Å². The first-order chi connectivity index (χ1) is 28.6. The van der Waals surface area contributed by atoms with Gasteiger partial charge in [0.25, 0.3) is 0 Å². The topological polar surface area (TPSA) is 224 Å². The van der Waals surface area contributed by atoms with E-state index in [4.69, 9.17) is 14.5 Å². The average Bonchev–Trinajstić information content (AvgIpc) is 4.03. The highest BCUT2D eigenvalue weighted by Gasteiger charge is 2.45. The average molecular weight is 813 g/mol. The Morgan fingerprint density at radius 1 is 0.983 bits per heavy atom. The number of amides is 2. The van der Waals surface area contributed by atoms with E-state index < -0.39 is 23.3 Å². The fourth-order valence-electron chi connectivity index (χ4n) is 8.59. The van der Waals surface area contributed by atoms with Crippen LogP contribution in [0.3, 0.4) is 0 Å². The maximum Gasteiger partial charge on any atom is 0.354 e. The van der Waals surface area contributed by atoms with Crippen LogP contribution in [0.5, 0.6) is 0 Å². The van der Waals surface area contributed by atoms with Crippen LogP contribution in [0.2, 0.25) is 0 Å². The molecule has 2 amide bonds. The molecule has 0 saturated heterocycles. The third-order valence-corrected chi connectivity index (χ3v) is 11.9. The van der Waals surface area contributed by atoms with Gasteiger partial charge in [-0.15, -0.1) is 5.10 Å². The van der Waals surface area contributed by atoms with Gasteiger partial charge in [-0.25, -0.2) is 14.9 Å². The molecule has 0 radical (unpaired) electrons. The molecule has 6 rings (SSSR count). The number of aliphatic carboxylic acids is 1. The van der Waals surface area contributed by atoms with E-state index in [1.165, 1.54) is 0 Å². The Labute approximate surface area is 343 Å². The third kappa shape index (κ3) is 10.8. The minimum absolute atomic E-state index is 0.0160. The lowest BCUT2D eigenvalue weighted by atomic mass is 9.76. The van der Waals surface area contributed by atoms with Gasteiger partial charge in [-0.1, -0.05) is 74.7 Å². The molecule has 2 aliphatic carbocycles. The number of ether oxygens (including phenoxy) is 2. The van der Waals surface area contributed by atoms with Crippen molar-refractivity contribution < 1.29 is 38.9 Å². The molecular weight excluding hydrogens is 757 g/mol. The molecule has 1 atom stereocenters. The first kappa shape index (κ1) is 43.1. The number of tetrazole rings is 1. The van der Waals surface area contributed by atoms with E-state index in [2.05, 4.69) is 38.2 Å². The zero-order valence-corrected chi connectivity index (χ0v) is 34.0. The predicted molar refractivity (Wildman–Crippen MR) is 217 cm³/mol. The fraction of sp³-hybridized carbons (Fsp3) is 0.535. The normalized spacial score (nSPS) is 18.0. The van der Waals surface area contributed by atoms with E-state index in [0.717, 1.165) is 47.9 Å². The summed E-state index contributed by atoms with van der Waals surface area (Å²) in [5.41, 5.74) is 3.28. The first-order valence-corrected chi connectivity index (χ1v) is 20.7. The molecule has 16 heteroatoms. The van der Waals surface area contributed by atoms with Crippen LogP contribution in [0, 0.1) is 17.3 Å². The Kier molecular flexibility index (Phi) is 15.0. The van der Waals surface area contributed by atoms with Crippen molar-refractivity contribution in [3.63, 3.8) is 0 Å². The number of aromatic amines is 1. The summed E-state index contributed by atoms with van der Waals surface area (Å²) in [6, 6.07) is 15.6.